The van der Waals surface area contributed by atoms with Crippen LogP contribution in [0.4, 0.5) is 0 Å². The predicted octanol–water partition coefficient (Wildman–Crippen LogP) is 2.35. The third-order valence-corrected chi connectivity index (χ3v) is 2.48. The van der Waals surface area contributed by atoms with Gasteiger partial charge in [-0.05, 0) is 24.6 Å². The van der Waals surface area contributed by atoms with Crippen molar-refractivity contribution in [3.05, 3.63) is 28.5 Å². The summed E-state index contributed by atoms with van der Waals surface area (Å²) >= 11 is 5.89. The van der Waals surface area contributed by atoms with Crippen molar-refractivity contribution in [2.24, 2.45) is 7.05 Å². The number of nitrogens with zero attached hydrogens (tertiary/aromatic N) is 2. The number of hydrogen-bond acceptors (Lipinski definition) is 2. The van der Waals surface area contributed by atoms with Crippen LogP contribution in [0.15, 0.2) is 12.1 Å². The molecule has 0 aliphatic heterocycles. The Kier molecular flexibility index (Phi) is 2.04. The lowest BCUT2D eigenvalue weighted by molar-refractivity contribution is 0.111. The topological polar surface area (TPSA) is 34.9 Å². The van der Waals surface area contributed by atoms with Crippen molar-refractivity contribution in [3.63, 3.8) is 0 Å². The van der Waals surface area contributed by atoms with Crippen LogP contribution >= 0.6 is 11.6 Å². The number of hydrogen-bond donors (Lipinski definition) is 0. The normalized spacial score (nSPS) is 10.8. The van der Waals surface area contributed by atoms with Gasteiger partial charge in [-0.3, -0.25) is 4.79 Å². The van der Waals surface area contributed by atoms with Gasteiger partial charge in [0, 0.05) is 12.1 Å². The third kappa shape index (κ3) is 1.21. The smallest absolute Gasteiger partial charge is 0.185 e. The SMILES string of the molecule is Cc1cc(Cl)cc2nc(C=O)n(C)c12. The molecule has 1 aromatic heterocycles. The summed E-state index contributed by atoms with van der Waals surface area (Å²) in [5.74, 6) is 0.422. The van der Waals surface area contributed by atoms with E-state index in [4.69, 9.17) is 11.6 Å². The van der Waals surface area contributed by atoms with Crippen LogP contribution in [0.25, 0.3) is 11.0 Å². The molecule has 0 spiro atoms. The van der Waals surface area contributed by atoms with Crippen LogP contribution in [-0.4, -0.2) is 15.8 Å². The molecule has 4 heteroatoms. The van der Waals surface area contributed by atoms with Gasteiger partial charge in [0.15, 0.2) is 12.1 Å². The van der Waals surface area contributed by atoms with Crippen molar-refractivity contribution in [1.82, 2.24) is 9.55 Å². The van der Waals surface area contributed by atoms with Crippen LogP contribution in [-0.2, 0) is 7.05 Å². The van der Waals surface area contributed by atoms with Gasteiger partial charge < -0.3 is 4.57 Å². The summed E-state index contributed by atoms with van der Waals surface area (Å²) < 4.78 is 1.77. The lowest BCUT2D eigenvalue weighted by Gasteiger charge is -2.00. The first kappa shape index (κ1) is 9.21. The Labute approximate surface area is 86.3 Å². The van der Waals surface area contributed by atoms with Crippen LogP contribution in [0.5, 0.6) is 0 Å². The molecule has 0 aliphatic rings. The number of benzene rings is 1. The number of fused-ring (bicyclic) bond motifs is 1. The van der Waals surface area contributed by atoms with E-state index in [0.717, 1.165) is 22.9 Å². The molecular formula is C10H9ClN2O. The van der Waals surface area contributed by atoms with Crippen molar-refractivity contribution >= 4 is 28.9 Å². The summed E-state index contributed by atoms with van der Waals surface area (Å²) in [6.45, 7) is 1.95. The van der Waals surface area contributed by atoms with Gasteiger partial charge in [-0.2, -0.15) is 0 Å². The van der Waals surface area contributed by atoms with E-state index in [2.05, 4.69) is 4.98 Å². The Hall–Kier alpha value is -1.35. The molecule has 0 unspecified atom stereocenters. The Morgan fingerprint density at radius 2 is 2.21 bits per heavy atom. The summed E-state index contributed by atoms with van der Waals surface area (Å²) in [6, 6.07) is 3.62. The number of aldehydes is 1. The number of carbonyl (C=O) groups excluding carboxylic acids is 1. The average Bonchev–Trinajstić information content (AvgIpc) is 2.42. The molecule has 2 aromatic rings. The zero-order valence-electron chi connectivity index (χ0n) is 7.91. The lowest BCUT2D eigenvalue weighted by Crippen LogP contribution is -1.95. The van der Waals surface area contributed by atoms with Crippen LogP contribution in [0.2, 0.25) is 5.02 Å². The Morgan fingerprint density at radius 3 is 2.86 bits per heavy atom. The minimum absolute atomic E-state index is 0.422. The zero-order chi connectivity index (χ0) is 10.3. The summed E-state index contributed by atoms with van der Waals surface area (Å²) in [5, 5.41) is 0.644. The third-order valence-electron chi connectivity index (χ3n) is 2.26. The van der Waals surface area contributed by atoms with Gasteiger partial charge in [-0.1, -0.05) is 11.6 Å². The molecule has 2 rings (SSSR count). The maximum atomic E-state index is 10.7. The molecule has 0 saturated heterocycles. The molecule has 0 bridgehead atoms. The fraction of sp³-hybridized carbons (Fsp3) is 0.200. The minimum atomic E-state index is 0.422. The van der Waals surface area contributed by atoms with E-state index in [1.807, 2.05) is 20.0 Å². The fourth-order valence-corrected chi connectivity index (χ4v) is 1.92. The molecule has 0 N–H and O–H groups in total. The van der Waals surface area contributed by atoms with Crippen LogP contribution in [0.3, 0.4) is 0 Å². The second-order valence-electron chi connectivity index (χ2n) is 3.24. The number of halogens is 1. The Bertz CT molecular complexity index is 516. The summed E-state index contributed by atoms with van der Waals surface area (Å²) in [4.78, 5) is 14.8. The predicted molar refractivity (Wildman–Crippen MR) is 55.8 cm³/mol. The van der Waals surface area contributed by atoms with E-state index >= 15 is 0 Å². The standard InChI is InChI=1S/C10H9ClN2O/c1-6-3-7(11)4-8-10(6)13(2)9(5-14)12-8/h3-5H,1-2H3. The van der Waals surface area contributed by atoms with Gasteiger partial charge in [0.05, 0.1) is 11.0 Å². The number of aromatic nitrogens is 2. The molecule has 0 atom stereocenters. The number of imidazole rings is 1. The molecule has 1 heterocycles. The fourth-order valence-electron chi connectivity index (χ4n) is 1.66. The first-order valence-corrected chi connectivity index (χ1v) is 4.59. The molecule has 0 fully saturated rings. The van der Waals surface area contributed by atoms with E-state index in [1.54, 1.807) is 10.6 Å². The summed E-state index contributed by atoms with van der Waals surface area (Å²) in [6.07, 6.45) is 0.743. The van der Waals surface area contributed by atoms with Crippen molar-refractivity contribution in [3.8, 4) is 0 Å². The number of rotatable bonds is 1. The largest absolute Gasteiger partial charge is 0.325 e. The molecule has 0 radical (unpaired) electrons. The van der Waals surface area contributed by atoms with Crippen LogP contribution in [0.1, 0.15) is 16.2 Å². The van der Waals surface area contributed by atoms with E-state index in [0.29, 0.717) is 10.8 Å². The van der Waals surface area contributed by atoms with E-state index in [-0.39, 0.29) is 0 Å². The Morgan fingerprint density at radius 1 is 1.50 bits per heavy atom. The van der Waals surface area contributed by atoms with Gasteiger partial charge in [-0.25, -0.2) is 4.98 Å². The minimum Gasteiger partial charge on any atom is -0.325 e. The van der Waals surface area contributed by atoms with Gasteiger partial charge >= 0.3 is 0 Å². The molecule has 0 amide bonds. The molecule has 3 nitrogen and oxygen atoms in total. The highest BCUT2D eigenvalue weighted by Crippen LogP contribution is 2.23. The van der Waals surface area contributed by atoms with Gasteiger partial charge in [0.1, 0.15) is 0 Å². The highest BCUT2D eigenvalue weighted by atomic mass is 35.5. The highest BCUT2D eigenvalue weighted by molar-refractivity contribution is 6.31. The Balaban J connectivity index is 2.92. The molecule has 14 heavy (non-hydrogen) atoms. The van der Waals surface area contributed by atoms with Gasteiger partial charge in [-0.15, -0.1) is 0 Å². The lowest BCUT2D eigenvalue weighted by atomic mass is 10.2. The first-order chi connectivity index (χ1) is 6.63. The van der Waals surface area contributed by atoms with E-state index in [9.17, 15) is 4.79 Å². The van der Waals surface area contributed by atoms with Crippen LogP contribution < -0.4 is 0 Å². The second kappa shape index (κ2) is 3.10. The van der Waals surface area contributed by atoms with Crippen molar-refractivity contribution < 1.29 is 4.79 Å². The first-order valence-electron chi connectivity index (χ1n) is 4.21. The zero-order valence-corrected chi connectivity index (χ0v) is 8.67. The molecule has 0 saturated carbocycles. The second-order valence-corrected chi connectivity index (χ2v) is 3.67. The molecule has 72 valence electrons. The monoisotopic (exact) mass is 208 g/mol. The number of carbonyl (C=O) groups is 1. The average molecular weight is 209 g/mol. The van der Waals surface area contributed by atoms with Crippen molar-refractivity contribution in [1.29, 1.82) is 0 Å². The van der Waals surface area contributed by atoms with Gasteiger partial charge in [0.2, 0.25) is 0 Å². The maximum Gasteiger partial charge on any atom is 0.185 e. The van der Waals surface area contributed by atoms with E-state index < -0.39 is 0 Å². The van der Waals surface area contributed by atoms with Crippen molar-refractivity contribution in [2.75, 3.05) is 0 Å². The van der Waals surface area contributed by atoms with E-state index in [1.165, 1.54) is 0 Å². The maximum absolute atomic E-state index is 10.7. The summed E-state index contributed by atoms with van der Waals surface area (Å²) in [5.41, 5.74) is 2.74. The summed E-state index contributed by atoms with van der Waals surface area (Å²) in [7, 11) is 1.82. The molecule has 0 aliphatic carbocycles. The number of aryl methyl sites for hydroxylation is 2. The quantitative estimate of drug-likeness (QED) is 0.675. The molecular weight excluding hydrogens is 200 g/mol. The molecule has 1 aromatic carbocycles. The van der Waals surface area contributed by atoms with Crippen LogP contribution in [0, 0.1) is 6.92 Å². The van der Waals surface area contributed by atoms with Gasteiger partial charge in [0.25, 0.3) is 0 Å². The highest BCUT2D eigenvalue weighted by Gasteiger charge is 2.09. The van der Waals surface area contributed by atoms with Crippen molar-refractivity contribution in [2.45, 2.75) is 6.92 Å².